The Morgan fingerprint density at radius 2 is 1.93 bits per heavy atom. The van der Waals surface area contributed by atoms with Crippen LogP contribution in [0.25, 0.3) is 0 Å². The van der Waals surface area contributed by atoms with Gasteiger partial charge in [-0.3, -0.25) is 14.8 Å². The van der Waals surface area contributed by atoms with Crippen LogP contribution in [0, 0.1) is 5.92 Å². The largest absolute Gasteiger partial charge is 0.379 e. The van der Waals surface area contributed by atoms with E-state index >= 15 is 0 Å². The molecule has 2 fully saturated rings. The zero-order chi connectivity index (χ0) is 18.5. The normalized spacial score (nSPS) is 22.6. The third-order valence-corrected chi connectivity index (χ3v) is 4.93. The lowest BCUT2D eigenvalue weighted by molar-refractivity contribution is 0.0299. The average molecular weight is 369 g/mol. The second kappa shape index (κ2) is 8.41. The van der Waals surface area contributed by atoms with Crippen LogP contribution in [0.1, 0.15) is 16.1 Å². The molecular weight excluding hydrogens is 346 g/mol. The zero-order valence-corrected chi connectivity index (χ0v) is 15.1. The highest BCUT2D eigenvalue weighted by Crippen LogP contribution is 2.22. The fourth-order valence-corrected chi connectivity index (χ4v) is 3.44. The standard InChI is InChI=1S/C19H23N5O3/c25-19(24-5-7-26-8-6-24)16-10-21-11-18(22-16)23-17-13-27-12-15(17)9-14-1-3-20-4-2-14/h1-4,10-11,15,17H,5-9,12-13H2,(H,22,23)/t15-,17+/m1/s1. The molecule has 8 heteroatoms. The maximum atomic E-state index is 12.6. The molecular formula is C19H23N5O3. The Hall–Kier alpha value is -2.58. The van der Waals surface area contributed by atoms with Gasteiger partial charge in [-0.15, -0.1) is 0 Å². The van der Waals surface area contributed by atoms with E-state index in [0.29, 0.717) is 56.9 Å². The fourth-order valence-electron chi connectivity index (χ4n) is 3.44. The number of ether oxygens (including phenoxy) is 2. The number of nitrogens with zero attached hydrogens (tertiary/aromatic N) is 4. The highest BCUT2D eigenvalue weighted by atomic mass is 16.5. The Morgan fingerprint density at radius 3 is 2.74 bits per heavy atom. The number of carbonyl (C=O) groups excluding carboxylic acids is 1. The van der Waals surface area contributed by atoms with Gasteiger partial charge >= 0.3 is 0 Å². The van der Waals surface area contributed by atoms with E-state index in [2.05, 4.69) is 20.3 Å². The van der Waals surface area contributed by atoms with E-state index < -0.39 is 0 Å². The van der Waals surface area contributed by atoms with Crippen LogP contribution < -0.4 is 5.32 Å². The van der Waals surface area contributed by atoms with Crippen molar-refractivity contribution in [2.45, 2.75) is 12.5 Å². The monoisotopic (exact) mass is 369 g/mol. The molecule has 4 rings (SSSR count). The van der Waals surface area contributed by atoms with Crippen LogP contribution in [0.2, 0.25) is 0 Å². The summed E-state index contributed by atoms with van der Waals surface area (Å²) < 4.78 is 11.0. The van der Waals surface area contributed by atoms with Crippen molar-refractivity contribution in [3.63, 3.8) is 0 Å². The smallest absolute Gasteiger partial charge is 0.274 e. The van der Waals surface area contributed by atoms with Crippen molar-refractivity contribution in [1.82, 2.24) is 19.9 Å². The molecule has 0 aliphatic carbocycles. The van der Waals surface area contributed by atoms with Crippen molar-refractivity contribution in [2.75, 3.05) is 44.8 Å². The van der Waals surface area contributed by atoms with Crippen molar-refractivity contribution < 1.29 is 14.3 Å². The van der Waals surface area contributed by atoms with Gasteiger partial charge in [0.05, 0.1) is 44.9 Å². The third-order valence-electron chi connectivity index (χ3n) is 4.93. The number of aromatic nitrogens is 3. The van der Waals surface area contributed by atoms with Gasteiger partial charge in [-0.2, -0.15) is 0 Å². The fraction of sp³-hybridized carbons (Fsp3) is 0.474. The van der Waals surface area contributed by atoms with Gasteiger partial charge in [0.2, 0.25) is 0 Å². The molecule has 1 N–H and O–H groups in total. The molecule has 2 atom stereocenters. The molecule has 2 aliphatic heterocycles. The Labute approximate surface area is 157 Å². The maximum absolute atomic E-state index is 12.6. The first kappa shape index (κ1) is 17.8. The molecule has 27 heavy (non-hydrogen) atoms. The van der Waals surface area contributed by atoms with E-state index in [1.807, 2.05) is 12.1 Å². The average Bonchev–Trinajstić information content (AvgIpc) is 3.15. The van der Waals surface area contributed by atoms with Gasteiger partial charge in [0.15, 0.2) is 0 Å². The van der Waals surface area contributed by atoms with Gasteiger partial charge in [0.25, 0.3) is 5.91 Å². The molecule has 0 bridgehead atoms. The van der Waals surface area contributed by atoms with Gasteiger partial charge in [0, 0.05) is 31.4 Å². The summed E-state index contributed by atoms with van der Waals surface area (Å²) in [5.74, 6) is 0.822. The number of hydrogen-bond acceptors (Lipinski definition) is 7. The lowest BCUT2D eigenvalue weighted by atomic mass is 9.95. The van der Waals surface area contributed by atoms with E-state index in [-0.39, 0.29) is 11.9 Å². The summed E-state index contributed by atoms with van der Waals surface area (Å²) in [6, 6.07) is 4.18. The topological polar surface area (TPSA) is 89.5 Å². The number of carbonyl (C=O) groups is 1. The molecule has 1 amide bonds. The van der Waals surface area contributed by atoms with Crippen molar-refractivity contribution in [1.29, 1.82) is 0 Å². The molecule has 8 nitrogen and oxygen atoms in total. The highest BCUT2D eigenvalue weighted by Gasteiger charge is 2.29. The lowest BCUT2D eigenvalue weighted by Gasteiger charge is -2.26. The summed E-state index contributed by atoms with van der Waals surface area (Å²) in [6.07, 6.45) is 7.68. The molecule has 4 heterocycles. The van der Waals surface area contributed by atoms with E-state index in [1.165, 1.54) is 11.8 Å². The first-order chi connectivity index (χ1) is 13.3. The molecule has 2 aromatic rings. The Balaban J connectivity index is 1.42. The van der Waals surface area contributed by atoms with Crippen LogP contribution in [0.5, 0.6) is 0 Å². The number of hydrogen-bond donors (Lipinski definition) is 1. The molecule has 2 aliphatic rings. The van der Waals surface area contributed by atoms with E-state index in [1.54, 1.807) is 23.5 Å². The second-order valence-corrected chi connectivity index (χ2v) is 6.80. The molecule has 2 aromatic heterocycles. The number of pyridine rings is 1. The SMILES string of the molecule is O=C(c1cncc(N[C@H]2COC[C@H]2Cc2ccncc2)n1)N1CCOCC1. The van der Waals surface area contributed by atoms with Crippen LogP contribution in [-0.4, -0.2) is 71.3 Å². The number of nitrogens with one attached hydrogen (secondary N) is 1. The maximum Gasteiger partial charge on any atom is 0.274 e. The van der Waals surface area contributed by atoms with Crippen LogP contribution in [0.3, 0.4) is 0 Å². The number of anilines is 1. The Morgan fingerprint density at radius 1 is 1.11 bits per heavy atom. The number of rotatable bonds is 5. The van der Waals surface area contributed by atoms with E-state index in [0.717, 1.165) is 6.42 Å². The molecule has 0 spiro atoms. The molecule has 142 valence electrons. The Kier molecular flexibility index (Phi) is 5.55. The molecule has 2 saturated heterocycles. The van der Waals surface area contributed by atoms with Gasteiger partial charge in [-0.05, 0) is 24.1 Å². The van der Waals surface area contributed by atoms with Crippen molar-refractivity contribution in [3.05, 3.63) is 48.2 Å². The van der Waals surface area contributed by atoms with E-state index in [9.17, 15) is 4.79 Å². The summed E-state index contributed by atoms with van der Waals surface area (Å²) in [5, 5.41) is 3.40. The van der Waals surface area contributed by atoms with Crippen LogP contribution in [0.4, 0.5) is 5.82 Å². The van der Waals surface area contributed by atoms with Crippen LogP contribution in [0.15, 0.2) is 36.9 Å². The van der Waals surface area contributed by atoms with Gasteiger partial charge in [-0.1, -0.05) is 0 Å². The van der Waals surface area contributed by atoms with Gasteiger partial charge in [0.1, 0.15) is 11.5 Å². The summed E-state index contributed by atoms with van der Waals surface area (Å²) >= 11 is 0. The quantitative estimate of drug-likeness (QED) is 0.841. The van der Waals surface area contributed by atoms with Crippen LogP contribution >= 0.6 is 0 Å². The number of morpholine rings is 1. The second-order valence-electron chi connectivity index (χ2n) is 6.80. The van der Waals surface area contributed by atoms with Crippen molar-refractivity contribution >= 4 is 11.7 Å². The molecule has 0 unspecified atom stereocenters. The molecule has 0 radical (unpaired) electrons. The predicted octanol–water partition coefficient (Wildman–Crippen LogP) is 1.01. The van der Waals surface area contributed by atoms with E-state index in [4.69, 9.17) is 9.47 Å². The molecule has 0 aromatic carbocycles. The summed E-state index contributed by atoms with van der Waals surface area (Å²) in [5.41, 5.74) is 1.58. The lowest BCUT2D eigenvalue weighted by Crippen LogP contribution is -2.41. The third kappa shape index (κ3) is 4.40. The van der Waals surface area contributed by atoms with Gasteiger partial charge < -0.3 is 19.7 Å². The predicted molar refractivity (Wildman–Crippen MR) is 98.4 cm³/mol. The minimum Gasteiger partial charge on any atom is -0.379 e. The summed E-state index contributed by atoms with van der Waals surface area (Å²) in [4.78, 5) is 27.1. The zero-order valence-electron chi connectivity index (χ0n) is 15.1. The van der Waals surface area contributed by atoms with Crippen LogP contribution in [-0.2, 0) is 15.9 Å². The highest BCUT2D eigenvalue weighted by molar-refractivity contribution is 5.92. The minimum atomic E-state index is -0.106. The van der Waals surface area contributed by atoms with Crippen molar-refractivity contribution in [2.24, 2.45) is 5.92 Å². The van der Waals surface area contributed by atoms with Crippen molar-refractivity contribution in [3.8, 4) is 0 Å². The first-order valence-electron chi connectivity index (χ1n) is 9.22. The summed E-state index contributed by atoms with van der Waals surface area (Å²) in [6.45, 7) is 3.60. The molecule has 0 saturated carbocycles. The minimum absolute atomic E-state index is 0.106. The Bertz CT molecular complexity index is 767. The first-order valence-corrected chi connectivity index (χ1v) is 9.22. The number of amides is 1. The van der Waals surface area contributed by atoms with Gasteiger partial charge in [-0.25, -0.2) is 4.98 Å². The summed E-state index contributed by atoms with van der Waals surface area (Å²) in [7, 11) is 0.